The quantitative estimate of drug-likeness (QED) is 0.695. The first kappa shape index (κ1) is 22.7. The van der Waals surface area contributed by atoms with Crippen molar-refractivity contribution in [2.24, 2.45) is 11.3 Å². The average molecular weight is 448 g/mol. The number of carbonyl (C=O) groups excluding carboxylic acids is 1. The number of carbonyl (C=O) groups is 1. The lowest BCUT2D eigenvalue weighted by Crippen LogP contribution is -2.54. The van der Waals surface area contributed by atoms with Gasteiger partial charge < -0.3 is 9.80 Å². The monoisotopic (exact) mass is 447 g/mol. The minimum absolute atomic E-state index is 0.186. The van der Waals surface area contributed by atoms with Crippen LogP contribution in [0.25, 0.3) is 0 Å². The van der Waals surface area contributed by atoms with Crippen LogP contribution in [0.15, 0.2) is 35.2 Å². The van der Waals surface area contributed by atoms with E-state index in [9.17, 15) is 13.2 Å². The van der Waals surface area contributed by atoms with Crippen molar-refractivity contribution in [2.75, 3.05) is 39.3 Å². The van der Waals surface area contributed by atoms with Crippen LogP contribution in [-0.4, -0.2) is 73.2 Å². The highest BCUT2D eigenvalue weighted by molar-refractivity contribution is 7.89. The Morgan fingerprint density at radius 3 is 2.13 bits per heavy atom. The molecular formula is C24H37N3O3S. The van der Waals surface area contributed by atoms with E-state index in [0.29, 0.717) is 36.4 Å². The fourth-order valence-corrected chi connectivity index (χ4v) is 7.65. The van der Waals surface area contributed by atoms with Gasteiger partial charge in [0.05, 0.1) is 10.3 Å². The number of likely N-dealkylation sites (tertiary alicyclic amines) is 2. The Morgan fingerprint density at radius 1 is 0.968 bits per heavy atom. The molecule has 0 aliphatic carbocycles. The van der Waals surface area contributed by atoms with Gasteiger partial charge >= 0.3 is 0 Å². The number of sulfonamides is 1. The first-order valence-corrected chi connectivity index (χ1v) is 13.3. The minimum atomic E-state index is -3.47. The highest BCUT2D eigenvalue weighted by Gasteiger charge is 2.59. The molecule has 3 aliphatic rings. The van der Waals surface area contributed by atoms with Crippen molar-refractivity contribution in [3.8, 4) is 0 Å². The third-order valence-corrected chi connectivity index (χ3v) is 9.64. The predicted molar refractivity (Wildman–Crippen MR) is 122 cm³/mol. The molecule has 0 N–H and O–H groups in total. The van der Waals surface area contributed by atoms with Crippen LogP contribution in [0.3, 0.4) is 0 Å². The Kier molecular flexibility index (Phi) is 6.23. The third kappa shape index (κ3) is 4.05. The fraction of sp³-hybridized carbons (Fsp3) is 0.708. The molecule has 31 heavy (non-hydrogen) atoms. The second-order valence-electron chi connectivity index (χ2n) is 10.1. The molecule has 0 saturated carbocycles. The molecule has 3 fully saturated rings. The summed E-state index contributed by atoms with van der Waals surface area (Å²) in [6.07, 6.45) is 4.22. The molecule has 1 aromatic carbocycles. The molecule has 7 heteroatoms. The van der Waals surface area contributed by atoms with Crippen molar-refractivity contribution in [1.82, 2.24) is 14.1 Å². The molecule has 0 unspecified atom stereocenters. The van der Waals surface area contributed by atoms with Gasteiger partial charge in [-0.15, -0.1) is 0 Å². The number of benzene rings is 1. The van der Waals surface area contributed by atoms with E-state index < -0.39 is 10.0 Å². The van der Waals surface area contributed by atoms with Gasteiger partial charge in [-0.25, -0.2) is 8.42 Å². The molecule has 1 amide bonds. The SMILES string of the molecule is CCN1C(=O)C2(CCN(CC(C)C)CC2)CC12CCN(S(=O)(=O)c1ccccc1)CC2. The lowest BCUT2D eigenvalue weighted by molar-refractivity contribution is -0.140. The Labute approximate surface area is 187 Å². The van der Waals surface area contributed by atoms with Gasteiger partial charge in [-0.3, -0.25) is 4.79 Å². The minimum Gasteiger partial charge on any atom is -0.337 e. The second-order valence-corrected chi connectivity index (χ2v) is 12.1. The van der Waals surface area contributed by atoms with Crippen LogP contribution in [0.1, 0.15) is 52.9 Å². The van der Waals surface area contributed by atoms with Crippen LogP contribution in [0.5, 0.6) is 0 Å². The van der Waals surface area contributed by atoms with Crippen molar-refractivity contribution in [2.45, 2.75) is 63.3 Å². The largest absolute Gasteiger partial charge is 0.337 e. The van der Waals surface area contributed by atoms with E-state index in [-0.39, 0.29) is 11.0 Å². The van der Waals surface area contributed by atoms with E-state index in [4.69, 9.17) is 0 Å². The van der Waals surface area contributed by atoms with Gasteiger partial charge in [0.15, 0.2) is 0 Å². The highest BCUT2D eigenvalue weighted by Crippen LogP contribution is 2.53. The molecule has 172 valence electrons. The summed E-state index contributed by atoms with van der Waals surface area (Å²) in [5.41, 5.74) is -0.432. The summed E-state index contributed by atoms with van der Waals surface area (Å²) in [6, 6.07) is 8.69. The summed E-state index contributed by atoms with van der Waals surface area (Å²) in [7, 11) is -3.47. The zero-order valence-corrected chi connectivity index (χ0v) is 20.0. The Balaban J connectivity index is 1.48. The molecule has 3 heterocycles. The van der Waals surface area contributed by atoms with E-state index in [1.165, 1.54) is 0 Å². The number of hydrogen-bond acceptors (Lipinski definition) is 4. The van der Waals surface area contributed by atoms with E-state index in [0.717, 1.165) is 51.7 Å². The fourth-order valence-electron chi connectivity index (χ4n) is 6.18. The Morgan fingerprint density at radius 2 is 1.58 bits per heavy atom. The van der Waals surface area contributed by atoms with Crippen LogP contribution in [-0.2, 0) is 14.8 Å². The molecule has 6 nitrogen and oxygen atoms in total. The van der Waals surface area contributed by atoms with Gasteiger partial charge in [-0.1, -0.05) is 32.0 Å². The van der Waals surface area contributed by atoms with Gasteiger partial charge in [-0.2, -0.15) is 4.31 Å². The molecule has 1 aromatic rings. The van der Waals surface area contributed by atoms with E-state index in [1.54, 1.807) is 28.6 Å². The van der Waals surface area contributed by atoms with Gasteiger partial charge in [-0.05, 0) is 70.2 Å². The molecular weight excluding hydrogens is 410 g/mol. The van der Waals surface area contributed by atoms with Crippen LogP contribution in [0.4, 0.5) is 0 Å². The number of rotatable bonds is 5. The molecule has 3 saturated heterocycles. The van der Waals surface area contributed by atoms with Gasteiger partial charge in [0, 0.05) is 31.7 Å². The Bertz CT molecular complexity index is 884. The number of piperidine rings is 2. The predicted octanol–water partition coefficient (Wildman–Crippen LogP) is 3.20. The third-order valence-electron chi connectivity index (χ3n) is 7.73. The molecule has 0 radical (unpaired) electrons. The Hall–Kier alpha value is -1.44. The maximum Gasteiger partial charge on any atom is 0.243 e. The van der Waals surface area contributed by atoms with Crippen LogP contribution in [0, 0.1) is 11.3 Å². The lowest BCUT2D eigenvalue weighted by atomic mass is 9.71. The van der Waals surface area contributed by atoms with Crippen molar-refractivity contribution in [1.29, 1.82) is 0 Å². The van der Waals surface area contributed by atoms with E-state index in [1.807, 2.05) is 6.07 Å². The molecule has 4 rings (SSSR count). The molecule has 2 spiro atoms. The topological polar surface area (TPSA) is 60.9 Å². The number of nitrogens with zero attached hydrogens (tertiary/aromatic N) is 3. The normalized spacial score (nSPS) is 24.5. The molecule has 0 atom stereocenters. The average Bonchev–Trinajstić information content (AvgIpc) is 2.97. The highest BCUT2D eigenvalue weighted by atomic mass is 32.2. The maximum absolute atomic E-state index is 13.6. The lowest BCUT2D eigenvalue weighted by Gasteiger charge is -2.44. The standard InChI is InChI=1S/C24H37N3O3S/c1-4-27-22(28)23(10-14-25(15-11-23)18-20(2)3)19-24(27)12-16-26(17-13-24)31(29,30)21-8-6-5-7-9-21/h5-9,20H,4,10-19H2,1-3H3. The second kappa shape index (κ2) is 8.49. The summed E-state index contributed by atoms with van der Waals surface area (Å²) in [4.78, 5) is 18.6. The van der Waals surface area contributed by atoms with Crippen molar-refractivity contribution >= 4 is 15.9 Å². The summed E-state index contributed by atoms with van der Waals surface area (Å²) in [5.74, 6) is 0.960. The number of amides is 1. The van der Waals surface area contributed by atoms with Crippen LogP contribution in [0.2, 0.25) is 0 Å². The van der Waals surface area contributed by atoms with Crippen molar-refractivity contribution in [3.05, 3.63) is 30.3 Å². The van der Waals surface area contributed by atoms with E-state index >= 15 is 0 Å². The van der Waals surface area contributed by atoms with Gasteiger partial charge in [0.25, 0.3) is 0 Å². The summed E-state index contributed by atoms with van der Waals surface area (Å²) < 4.78 is 27.7. The zero-order chi connectivity index (χ0) is 22.3. The van der Waals surface area contributed by atoms with Crippen molar-refractivity contribution < 1.29 is 13.2 Å². The molecule has 3 aliphatic heterocycles. The van der Waals surface area contributed by atoms with Gasteiger partial charge in [0.1, 0.15) is 0 Å². The number of hydrogen-bond donors (Lipinski definition) is 0. The van der Waals surface area contributed by atoms with E-state index in [2.05, 4.69) is 30.6 Å². The summed E-state index contributed by atoms with van der Waals surface area (Å²) in [6.45, 7) is 11.3. The maximum atomic E-state index is 13.6. The zero-order valence-electron chi connectivity index (χ0n) is 19.2. The van der Waals surface area contributed by atoms with Crippen LogP contribution >= 0.6 is 0 Å². The smallest absolute Gasteiger partial charge is 0.243 e. The van der Waals surface area contributed by atoms with Crippen molar-refractivity contribution in [3.63, 3.8) is 0 Å². The summed E-state index contributed by atoms with van der Waals surface area (Å²) >= 11 is 0. The molecule has 0 aromatic heterocycles. The summed E-state index contributed by atoms with van der Waals surface area (Å²) in [5, 5.41) is 0. The first-order chi connectivity index (χ1) is 14.7. The molecule has 0 bridgehead atoms. The first-order valence-electron chi connectivity index (χ1n) is 11.8. The van der Waals surface area contributed by atoms with Crippen LogP contribution < -0.4 is 0 Å². The van der Waals surface area contributed by atoms with Gasteiger partial charge in [0.2, 0.25) is 15.9 Å².